The second-order valence-corrected chi connectivity index (χ2v) is 4.18. The third-order valence-corrected chi connectivity index (χ3v) is 3.39. The van der Waals surface area contributed by atoms with Crippen LogP contribution in [0.4, 0.5) is 0 Å². The van der Waals surface area contributed by atoms with Crippen molar-refractivity contribution in [3.05, 3.63) is 0 Å². The molecule has 0 spiro atoms. The molecule has 2 aliphatic heterocycles. The second-order valence-electron chi connectivity index (χ2n) is 2.13. The van der Waals surface area contributed by atoms with Crippen LogP contribution in [0.25, 0.3) is 0 Å². The Balaban J connectivity index is 2.16. The van der Waals surface area contributed by atoms with E-state index < -0.39 is 0 Å². The number of amides is 1. The van der Waals surface area contributed by atoms with E-state index in [1.165, 1.54) is 11.8 Å². The topological polar surface area (TPSA) is 41.8 Å². The zero-order valence-electron chi connectivity index (χ0n) is 5.74. The van der Waals surface area contributed by atoms with Gasteiger partial charge in [0.05, 0.1) is 5.75 Å². The van der Waals surface area contributed by atoms with E-state index in [9.17, 15) is 4.79 Å². The Bertz CT molecular complexity index is 259. The molecular formula is C6H6N2OS2. The monoisotopic (exact) mass is 186 g/mol. The molecule has 2 aliphatic rings. The molecule has 0 atom stereocenters. The molecule has 58 valence electrons. The fourth-order valence-corrected chi connectivity index (χ4v) is 2.64. The summed E-state index contributed by atoms with van der Waals surface area (Å²) in [5.41, 5.74) is 0. The lowest BCUT2D eigenvalue weighted by Gasteiger charge is -1.93. The third kappa shape index (κ3) is 1.49. The summed E-state index contributed by atoms with van der Waals surface area (Å²) in [6.07, 6.45) is 0. The van der Waals surface area contributed by atoms with Crippen LogP contribution in [0.1, 0.15) is 0 Å². The quantitative estimate of drug-likeness (QED) is 0.608. The fraction of sp³-hybridized carbons (Fsp3) is 0.500. The molecule has 0 bridgehead atoms. The van der Waals surface area contributed by atoms with E-state index in [0.29, 0.717) is 5.75 Å². The minimum Gasteiger partial charge on any atom is -0.275 e. The van der Waals surface area contributed by atoms with Crippen molar-refractivity contribution in [1.29, 1.82) is 0 Å². The maximum absolute atomic E-state index is 10.7. The average molecular weight is 186 g/mol. The first-order valence-electron chi connectivity index (χ1n) is 3.28. The van der Waals surface area contributed by atoms with Crippen LogP contribution in [0.5, 0.6) is 0 Å². The summed E-state index contributed by atoms with van der Waals surface area (Å²) in [4.78, 5) is 18.8. The minimum atomic E-state index is -0.0276. The SMILES string of the molecule is O=C1CSC(C2=NCCS2)=N1. The molecule has 0 saturated carbocycles. The summed E-state index contributed by atoms with van der Waals surface area (Å²) in [5.74, 6) is 1.50. The largest absolute Gasteiger partial charge is 0.275 e. The van der Waals surface area contributed by atoms with Crippen molar-refractivity contribution in [3.63, 3.8) is 0 Å². The molecule has 2 heterocycles. The standard InChI is InChI=1S/C6H6N2OS2/c9-4-3-11-6(8-4)5-7-1-2-10-5/h1-3H2. The lowest BCUT2D eigenvalue weighted by Crippen LogP contribution is -1.99. The zero-order chi connectivity index (χ0) is 7.68. The highest BCUT2D eigenvalue weighted by Crippen LogP contribution is 2.22. The van der Waals surface area contributed by atoms with Crippen LogP contribution in [0.2, 0.25) is 0 Å². The van der Waals surface area contributed by atoms with Crippen LogP contribution < -0.4 is 0 Å². The zero-order valence-corrected chi connectivity index (χ0v) is 7.37. The summed E-state index contributed by atoms with van der Waals surface area (Å²) < 4.78 is 0. The van der Waals surface area contributed by atoms with Crippen LogP contribution >= 0.6 is 23.5 Å². The number of carbonyl (C=O) groups excluding carboxylic acids is 1. The van der Waals surface area contributed by atoms with E-state index in [1.54, 1.807) is 11.8 Å². The smallest absolute Gasteiger partial charge is 0.257 e. The Hall–Kier alpha value is -0.290. The normalized spacial score (nSPS) is 23.8. The number of aliphatic imine (C=N–C) groups is 2. The molecule has 0 aromatic rings. The first kappa shape index (κ1) is 7.36. The number of carbonyl (C=O) groups is 1. The highest BCUT2D eigenvalue weighted by molar-refractivity contribution is 8.25. The fourth-order valence-electron chi connectivity index (χ4n) is 0.882. The number of nitrogens with zero attached hydrogens (tertiary/aromatic N) is 2. The van der Waals surface area contributed by atoms with Gasteiger partial charge in [-0.1, -0.05) is 11.8 Å². The Labute approximate surface area is 72.8 Å². The van der Waals surface area contributed by atoms with Crippen molar-refractivity contribution in [1.82, 2.24) is 0 Å². The van der Waals surface area contributed by atoms with E-state index in [-0.39, 0.29) is 5.91 Å². The molecule has 0 unspecified atom stereocenters. The van der Waals surface area contributed by atoms with Crippen LogP contribution in [-0.2, 0) is 4.79 Å². The van der Waals surface area contributed by atoms with Crippen LogP contribution in [-0.4, -0.2) is 34.0 Å². The van der Waals surface area contributed by atoms with Crippen molar-refractivity contribution >= 4 is 39.5 Å². The van der Waals surface area contributed by atoms with Gasteiger partial charge in [-0.3, -0.25) is 9.79 Å². The van der Waals surface area contributed by atoms with Gasteiger partial charge in [0.1, 0.15) is 10.1 Å². The van der Waals surface area contributed by atoms with Gasteiger partial charge in [0, 0.05) is 12.3 Å². The lowest BCUT2D eigenvalue weighted by molar-refractivity contribution is -0.115. The average Bonchev–Trinajstić information content (AvgIpc) is 2.55. The number of hydrogen-bond acceptors (Lipinski definition) is 4. The second kappa shape index (κ2) is 2.98. The number of hydrogen-bond donors (Lipinski definition) is 0. The highest BCUT2D eigenvalue weighted by Gasteiger charge is 2.21. The van der Waals surface area contributed by atoms with E-state index >= 15 is 0 Å². The molecule has 0 aliphatic carbocycles. The van der Waals surface area contributed by atoms with E-state index in [0.717, 1.165) is 22.4 Å². The van der Waals surface area contributed by atoms with Gasteiger partial charge in [-0.15, -0.1) is 11.8 Å². The van der Waals surface area contributed by atoms with Gasteiger partial charge in [-0.2, -0.15) is 0 Å². The Kier molecular flexibility index (Phi) is 2.00. The summed E-state index contributed by atoms with van der Waals surface area (Å²) in [7, 11) is 0. The molecule has 2 rings (SSSR count). The van der Waals surface area contributed by atoms with Gasteiger partial charge in [0.15, 0.2) is 0 Å². The molecule has 0 aromatic heterocycles. The van der Waals surface area contributed by atoms with Crippen LogP contribution in [0, 0.1) is 0 Å². The van der Waals surface area contributed by atoms with E-state index in [1.807, 2.05) is 0 Å². The summed E-state index contributed by atoms with van der Waals surface area (Å²) in [6, 6.07) is 0. The van der Waals surface area contributed by atoms with Gasteiger partial charge in [-0.25, -0.2) is 4.99 Å². The third-order valence-electron chi connectivity index (χ3n) is 1.33. The molecule has 0 fully saturated rings. The van der Waals surface area contributed by atoms with E-state index in [4.69, 9.17) is 0 Å². The van der Waals surface area contributed by atoms with Gasteiger partial charge in [0.2, 0.25) is 0 Å². The summed E-state index contributed by atoms with van der Waals surface area (Å²) in [5, 5.41) is 1.79. The highest BCUT2D eigenvalue weighted by atomic mass is 32.2. The van der Waals surface area contributed by atoms with Gasteiger partial charge in [-0.05, 0) is 0 Å². The predicted octanol–water partition coefficient (Wildman–Crippen LogP) is 0.804. The minimum absolute atomic E-state index is 0.0276. The van der Waals surface area contributed by atoms with E-state index in [2.05, 4.69) is 9.98 Å². The molecule has 11 heavy (non-hydrogen) atoms. The van der Waals surface area contributed by atoms with Crippen LogP contribution in [0.3, 0.4) is 0 Å². The van der Waals surface area contributed by atoms with Gasteiger partial charge < -0.3 is 0 Å². The van der Waals surface area contributed by atoms with Gasteiger partial charge in [0.25, 0.3) is 5.91 Å². The number of thioether (sulfide) groups is 2. The molecule has 3 nitrogen and oxygen atoms in total. The maximum Gasteiger partial charge on any atom is 0.257 e. The molecule has 0 aromatic carbocycles. The Morgan fingerprint density at radius 3 is 2.73 bits per heavy atom. The Morgan fingerprint density at radius 2 is 2.18 bits per heavy atom. The lowest BCUT2D eigenvalue weighted by atomic mass is 10.7. The molecule has 0 saturated heterocycles. The van der Waals surface area contributed by atoms with Crippen LogP contribution in [0.15, 0.2) is 9.98 Å². The van der Waals surface area contributed by atoms with Crippen molar-refractivity contribution in [3.8, 4) is 0 Å². The van der Waals surface area contributed by atoms with Crippen molar-refractivity contribution in [2.24, 2.45) is 9.98 Å². The summed E-state index contributed by atoms with van der Waals surface area (Å²) in [6.45, 7) is 0.869. The number of rotatable bonds is 1. The van der Waals surface area contributed by atoms with Crippen molar-refractivity contribution < 1.29 is 4.79 Å². The first-order chi connectivity index (χ1) is 5.36. The molecule has 0 radical (unpaired) electrons. The maximum atomic E-state index is 10.7. The molecular weight excluding hydrogens is 180 g/mol. The first-order valence-corrected chi connectivity index (χ1v) is 5.25. The van der Waals surface area contributed by atoms with Gasteiger partial charge >= 0.3 is 0 Å². The Morgan fingerprint density at radius 1 is 1.27 bits per heavy atom. The van der Waals surface area contributed by atoms with Crippen molar-refractivity contribution in [2.45, 2.75) is 0 Å². The molecule has 1 amide bonds. The molecule has 0 N–H and O–H groups in total. The predicted molar refractivity (Wildman–Crippen MR) is 49.7 cm³/mol. The van der Waals surface area contributed by atoms with Crippen molar-refractivity contribution in [2.75, 3.05) is 18.1 Å². The molecule has 5 heteroatoms. The summed E-state index contributed by atoms with van der Waals surface area (Å²) >= 11 is 3.18.